The monoisotopic (exact) mass is 461 g/mol. The average Bonchev–Trinajstić information content (AvgIpc) is 2.67. The molecule has 0 heterocycles. The molecule has 27 heavy (non-hydrogen) atoms. The van der Waals surface area contributed by atoms with Crippen molar-refractivity contribution >= 4 is 44.8 Å². The van der Waals surface area contributed by atoms with Crippen molar-refractivity contribution in [2.24, 2.45) is 5.16 Å². The summed E-state index contributed by atoms with van der Waals surface area (Å²) >= 11 is 16.0. The predicted octanol–water partition coefficient (Wildman–Crippen LogP) is 7.46. The normalized spacial score (nSPS) is 12.8. The number of hydrogen-bond acceptors (Lipinski definition) is 2. The summed E-state index contributed by atoms with van der Waals surface area (Å²) in [4.78, 5) is 0. The lowest BCUT2D eigenvalue weighted by atomic mass is 9.83. The molecule has 1 atom stereocenters. The second-order valence-corrected chi connectivity index (χ2v) is 8.10. The standard InChI is InChI=1S/C22H18BrCl2NO/c1-14-4-2-3-5-18(14)19(15-6-8-16(23)9-7-15)13-22(26-27)20-12-17(24)10-11-21(20)25/h2-12,19,27H,13H2,1H3/b26-22+/t19-/m1/s1. The largest absolute Gasteiger partial charge is 0.411 e. The Kier molecular flexibility index (Phi) is 6.59. The van der Waals surface area contributed by atoms with Crippen LogP contribution in [0.2, 0.25) is 10.0 Å². The molecule has 0 aromatic heterocycles. The Morgan fingerprint density at radius 3 is 2.41 bits per heavy atom. The Balaban J connectivity index is 2.06. The van der Waals surface area contributed by atoms with Crippen LogP contribution >= 0.6 is 39.1 Å². The van der Waals surface area contributed by atoms with Gasteiger partial charge in [-0.1, -0.05) is 80.7 Å². The fourth-order valence-electron chi connectivity index (χ4n) is 3.20. The van der Waals surface area contributed by atoms with Gasteiger partial charge >= 0.3 is 0 Å². The van der Waals surface area contributed by atoms with E-state index in [-0.39, 0.29) is 5.92 Å². The maximum Gasteiger partial charge on any atom is 0.0892 e. The van der Waals surface area contributed by atoms with Gasteiger partial charge in [0.05, 0.1) is 5.71 Å². The van der Waals surface area contributed by atoms with Gasteiger partial charge in [0.1, 0.15) is 0 Å². The lowest BCUT2D eigenvalue weighted by molar-refractivity contribution is 0.317. The fourth-order valence-corrected chi connectivity index (χ4v) is 3.86. The highest BCUT2D eigenvalue weighted by molar-refractivity contribution is 9.10. The van der Waals surface area contributed by atoms with E-state index in [1.165, 1.54) is 11.1 Å². The van der Waals surface area contributed by atoms with Gasteiger partial charge in [0.15, 0.2) is 0 Å². The van der Waals surface area contributed by atoms with E-state index in [0.717, 1.165) is 10.0 Å². The molecule has 0 amide bonds. The van der Waals surface area contributed by atoms with Crippen molar-refractivity contribution in [2.75, 3.05) is 0 Å². The Hall–Kier alpha value is -1.81. The molecule has 5 heteroatoms. The number of benzene rings is 3. The summed E-state index contributed by atoms with van der Waals surface area (Å²) in [5.41, 5.74) is 4.63. The molecule has 138 valence electrons. The van der Waals surface area contributed by atoms with Gasteiger partial charge < -0.3 is 5.21 Å². The zero-order valence-corrected chi connectivity index (χ0v) is 17.8. The third-order valence-corrected chi connectivity index (χ3v) is 5.69. The summed E-state index contributed by atoms with van der Waals surface area (Å²) in [6.45, 7) is 2.09. The molecule has 0 saturated heterocycles. The second kappa shape index (κ2) is 8.92. The summed E-state index contributed by atoms with van der Waals surface area (Å²) in [5, 5.41) is 14.3. The first-order valence-corrected chi connectivity index (χ1v) is 10.0. The molecule has 0 spiro atoms. The van der Waals surface area contributed by atoms with Crippen LogP contribution < -0.4 is 0 Å². The maximum atomic E-state index is 9.73. The molecular formula is C22H18BrCl2NO. The summed E-state index contributed by atoms with van der Waals surface area (Å²) in [5.74, 6) is 0.0141. The molecule has 0 aliphatic carbocycles. The van der Waals surface area contributed by atoms with Crippen LogP contribution in [0.1, 0.15) is 34.6 Å². The van der Waals surface area contributed by atoms with E-state index in [4.69, 9.17) is 23.2 Å². The van der Waals surface area contributed by atoms with Crippen LogP contribution in [0.4, 0.5) is 0 Å². The number of hydrogen-bond donors (Lipinski definition) is 1. The molecule has 0 bridgehead atoms. The van der Waals surface area contributed by atoms with Gasteiger partial charge in [-0.3, -0.25) is 0 Å². The molecule has 2 nitrogen and oxygen atoms in total. The van der Waals surface area contributed by atoms with Crippen LogP contribution in [-0.2, 0) is 0 Å². The van der Waals surface area contributed by atoms with E-state index in [2.05, 4.69) is 52.3 Å². The van der Waals surface area contributed by atoms with Gasteiger partial charge in [0.25, 0.3) is 0 Å². The fraction of sp³-hybridized carbons (Fsp3) is 0.136. The summed E-state index contributed by atoms with van der Waals surface area (Å²) < 4.78 is 1.02. The second-order valence-electron chi connectivity index (χ2n) is 6.34. The van der Waals surface area contributed by atoms with Crippen molar-refractivity contribution in [3.05, 3.63) is 104 Å². The van der Waals surface area contributed by atoms with Crippen molar-refractivity contribution in [1.82, 2.24) is 0 Å². The highest BCUT2D eigenvalue weighted by Crippen LogP contribution is 2.34. The van der Waals surface area contributed by atoms with Gasteiger partial charge in [-0.05, 0) is 53.9 Å². The average molecular weight is 463 g/mol. The van der Waals surface area contributed by atoms with Gasteiger partial charge in [0, 0.05) is 32.4 Å². The molecule has 0 radical (unpaired) electrons. The maximum absolute atomic E-state index is 9.73. The van der Waals surface area contributed by atoms with Crippen molar-refractivity contribution in [2.45, 2.75) is 19.3 Å². The number of aryl methyl sites for hydroxylation is 1. The summed E-state index contributed by atoms with van der Waals surface area (Å²) in [6, 6.07) is 21.6. The van der Waals surface area contributed by atoms with Crippen molar-refractivity contribution in [3.8, 4) is 0 Å². The van der Waals surface area contributed by atoms with E-state index in [0.29, 0.717) is 27.7 Å². The van der Waals surface area contributed by atoms with Gasteiger partial charge in [-0.15, -0.1) is 0 Å². The molecule has 1 N–H and O–H groups in total. The van der Waals surface area contributed by atoms with E-state index < -0.39 is 0 Å². The highest BCUT2D eigenvalue weighted by atomic mass is 79.9. The quantitative estimate of drug-likeness (QED) is 0.238. The van der Waals surface area contributed by atoms with Crippen LogP contribution in [0, 0.1) is 6.92 Å². The van der Waals surface area contributed by atoms with Crippen molar-refractivity contribution < 1.29 is 5.21 Å². The molecule has 0 saturated carbocycles. The van der Waals surface area contributed by atoms with Gasteiger partial charge in [-0.2, -0.15) is 0 Å². The SMILES string of the molecule is Cc1ccccc1[C@H](C/C(=N\O)c1cc(Cl)ccc1Cl)c1ccc(Br)cc1. The number of rotatable bonds is 5. The first-order chi connectivity index (χ1) is 13.0. The molecule has 0 fully saturated rings. The van der Waals surface area contributed by atoms with Crippen LogP contribution in [-0.4, -0.2) is 10.9 Å². The van der Waals surface area contributed by atoms with E-state index in [1.807, 2.05) is 24.3 Å². The van der Waals surface area contributed by atoms with E-state index in [1.54, 1.807) is 18.2 Å². The first kappa shape index (κ1) is 19.9. The van der Waals surface area contributed by atoms with Crippen LogP contribution in [0.5, 0.6) is 0 Å². The first-order valence-electron chi connectivity index (χ1n) is 8.47. The summed E-state index contributed by atoms with van der Waals surface area (Å²) in [6.07, 6.45) is 0.489. The number of nitrogens with zero attached hydrogens (tertiary/aromatic N) is 1. The number of halogens is 3. The molecular weight excluding hydrogens is 445 g/mol. The third kappa shape index (κ3) is 4.73. The topological polar surface area (TPSA) is 32.6 Å². The van der Waals surface area contributed by atoms with Crippen molar-refractivity contribution in [3.63, 3.8) is 0 Å². The Bertz CT molecular complexity index is 970. The Morgan fingerprint density at radius 2 is 1.74 bits per heavy atom. The molecule has 0 aliphatic heterocycles. The Labute approximate surface area is 177 Å². The van der Waals surface area contributed by atoms with Crippen LogP contribution in [0.15, 0.2) is 76.4 Å². The summed E-state index contributed by atoms with van der Waals surface area (Å²) in [7, 11) is 0. The molecule has 3 aromatic carbocycles. The van der Waals surface area contributed by atoms with Gasteiger partial charge in [-0.25, -0.2) is 0 Å². The lowest BCUT2D eigenvalue weighted by Gasteiger charge is -2.21. The smallest absolute Gasteiger partial charge is 0.0892 e. The molecule has 0 aliphatic rings. The minimum absolute atomic E-state index is 0.0141. The minimum atomic E-state index is 0.0141. The van der Waals surface area contributed by atoms with Gasteiger partial charge in [0.2, 0.25) is 0 Å². The molecule has 3 rings (SSSR count). The highest BCUT2D eigenvalue weighted by Gasteiger charge is 2.21. The lowest BCUT2D eigenvalue weighted by Crippen LogP contribution is -2.12. The van der Waals surface area contributed by atoms with Crippen LogP contribution in [0.25, 0.3) is 0 Å². The predicted molar refractivity (Wildman–Crippen MR) is 117 cm³/mol. The zero-order chi connectivity index (χ0) is 19.4. The molecule has 3 aromatic rings. The van der Waals surface area contributed by atoms with Crippen molar-refractivity contribution in [1.29, 1.82) is 0 Å². The van der Waals surface area contributed by atoms with E-state index in [9.17, 15) is 5.21 Å². The third-order valence-electron chi connectivity index (χ3n) is 4.59. The van der Waals surface area contributed by atoms with E-state index >= 15 is 0 Å². The number of oxime groups is 1. The zero-order valence-electron chi connectivity index (χ0n) is 14.7. The van der Waals surface area contributed by atoms with Crippen LogP contribution in [0.3, 0.4) is 0 Å². The Morgan fingerprint density at radius 1 is 1.04 bits per heavy atom. The minimum Gasteiger partial charge on any atom is -0.411 e. The molecule has 0 unspecified atom stereocenters.